The second-order valence-electron chi connectivity index (χ2n) is 5.11. The highest BCUT2D eigenvalue weighted by atomic mass is 35.5. The molecular weight excluding hydrogens is 296 g/mol. The number of nitrogens with zero attached hydrogens (tertiary/aromatic N) is 1. The second kappa shape index (κ2) is 7.85. The average molecular weight is 317 g/mol. The van der Waals surface area contributed by atoms with Crippen LogP contribution in [0.25, 0.3) is 0 Å². The fraction of sp³-hybridized carbons (Fsp3) is 0.278. The number of carbonyl (C=O) groups excluding carboxylic acids is 1. The topological polar surface area (TPSA) is 32.3 Å². The number of para-hydroxylation sites is 1. The van der Waals surface area contributed by atoms with E-state index in [9.17, 15) is 4.79 Å². The van der Waals surface area contributed by atoms with E-state index < -0.39 is 0 Å². The molecule has 0 fully saturated rings. The van der Waals surface area contributed by atoms with Crippen molar-refractivity contribution in [3.05, 3.63) is 59.1 Å². The summed E-state index contributed by atoms with van der Waals surface area (Å²) in [6.45, 7) is 5.26. The molecule has 0 aliphatic carbocycles. The maximum atomic E-state index is 12.4. The van der Waals surface area contributed by atoms with Gasteiger partial charge in [-0.25, -0.2) is 0 Å². The summed E-state index contributed by atoms with van der Waals surface area (Å²) in [6.07, 6.45) is 0.449. The van der Waals surface area contributed by atoms with Crippen LogP contribution in [0.5, 0.6) is 0 Å². The van der Waals surface area contributed by atoms with Crippen LogP contribution in [-0.4, -0.2) is 19.0 Å². The third-order valence-corrected chi connectivity index (χ3v) is 3.76. The normalized spacial score (nSPS) is 10.3. The van der Waals surface area contributed by atoms with Gasteiger partial charge in [0.15, 0.2) is 0 Å². The fourth-order valence-electron chi connectivity index (χ4n) is 2.38. The zero-order valence-electron chi connectivity index (χ0n) is 13.0. The number of amides is 1. The first-order chi connectivity index (χ1) is 10.6. The average Bonchev–Trinajstić information content (AvgIpc) is 2.51. The minimum atomic E-state index is 0.118. The Balaban J connectivity index is 1.92. The van der Waals surface area contributed by atoms with Crippen LogP contribution in [0.2, 0.25) is 5.02 Å². The number of hydrogen-bond acceptors (Lipinski definition) is 2. The first kappa shape index (κ1) is 16.4. The van der Waals surface area contributed by atoms with Gasteiger partial charge in [0.05, 0.1) is 0 Å². The van der Waals surface area contributed by atoms with Crippen molar-refractivity contribution in [2.24, 2.45) is 0 Å². The molecule has 22 heavy (non-hydrogen) atoms. The van der Waals surface area contributed by atoms with Gasteiger partial charge in [-0.05, 0) is 49.7 Å². The Morgan fingerprint density at radius 2 is 1.91 bits per heavy atom. The summed E-state index contributed by atoms with van der Waals surface area (Å²) in [5.41, 5.74) is 3.04. The monoisotopic (exact) mass is 316 g/mol. The molecule has 1 N–H and O–H groups in total. The van der Waals surface area contributed by atoms with Gasteiger partial charge in [0.1, 0.15) is 0 Å². The molecule has 3 nitrogen and oxygen atoms in total. The number of anilines is 2. The van der Waals surface area contributed by atoms with E-state index in [0.29, 0.717) is 19.5 Å². The number of carbonyl (C=O) groups is 1. The molecule has 2 aromatic carbocycles. The van der Waals surface area contributed by atoms with Crippen LogP contribution < -0.4 is 10.2 Å². The summed E-state index contributed by atoms with van der Waals surface area (Å²) in [4.78, 5) is 14.2. The van der Waals surface area contributed by atoms with Crippen LogP contribution in [0.4, 0.5) is 11.4 Å². The van der Waals surface area contributed by atoms with Gasteiger partial charge in [0.2, 0.25) is 5.91 Å². The largest absolute Gasteiger partial charge is 0.384 e. The highest BCUT2D eigenvalue weighted by Crippen LogP contribution is 2.20. The number of nitrogens with one attached hydrogen (secondary N) is 1. The van der Waals surface area contributed by atoms with Gasteiger partial charge in [-0.3, -0.25) is 4.79 Å². The maximum Gasteiger partial charge on any atom is 0.228 e. The summed E-state index contributed by atoms with van der Waals surface area (Å²) >= 11 is 5.94. The van der Waals surface area contributed by atoms with Crippen LogP contribution in [0.1, 0.15) is 18.9 Å². The van der Waals surface area contributed by atoms with Gasteiger partial charge in [-0.2, -0.15) is 0 Å². The first-order valence-electron chi connectivity index (χ1n) is 7.47. The van der Waals surface area contributed by atoms with Gasteiger partial charge < -0.3 is 10.2 Å². The van der Waals surface area contributed by atoms with Gasteiger partial charge in [-0.1, -0.05) is 29.8 Å². The van der Waals surface area contributed by atoms with Gasteiger partial charge in [0, 0.05) is 35.9 Å². The van der Waals surface area contributed by atoms with Crippen molar-refractivity contribution < 1.29 is 4.79 Å². The van der Waals surface area contributed by atoms with Gasteiger partial charge in [0.25, 0.3) is 0 Å². The van der Waals surface area contributed by atoms with Crippen LogP contribution in [0, 0.1) is 6.92 Å². The molecule has 2 rings (SSSR count). The molecule has 0 heterocycles. The quantitative estimate of drug-likeness (QED) is 0.850. The van der Waals surface area contributed by atoms with E-state index >= 15 is 0 Å². The third kappa shape index (κ3) is 4.25. The van der Waals surface area contributed by atoms with Crippen LogP contribution in [0.3, 0.4) is 0 Å². The molecule has 0 spiro atoms. The highest BCUT2D eigenvalue weighted by Gasteiger charge is 2.13. The molecule has 0 aliphatic heterocycles. The molecule has 116 valence electrons. The lowest BCUT2D eigenvalue weighted by Gasteiger charge is -2.21. The Bertz CT molecular complexity index is 628. The molecule has 0 bridgehead atoms. The van der Waals surface area contributed by atoms with Crippen LogP contribution >= 0.6 is 11.6 Å². The third-order valence-electron chi connectivity index (χ3n) is 3.53. The molecule has 0 aliphatic rings. The number of aryl methyl sites for hydroxylation is 1. The van der Waals surface area contributed by atoms with Crippen molar-refractivity contribution in [2.75, 3.05) is 23.3 Å². The first-order valence-corrected chi connectivity index (χ1v) is 7.85. The Morgan fingerprint density at radius 3 is 2.55 bits per heavy atom. The van der Waals surface area contributed by atoms with Crippen molar-refractivity contribution >= 4 is 28.9 Å². The van der Waals surface area contributed by atoms with Crippen molar-refractivity contribution in [1.29, 1.82) is 0 Å². The Kier molecular flexibility index (Phi) is 5.84. The standard InChI is InChI=1S/C18H21ClN2O/c1-3-21(16-7-5-4-6-8-16)18(22)11-12-20-17-10-9-15(19)13-14(17)2/h4-10,13,20H,3,11-12H2,1-2H3. The minimum absolute atomic E-state index is 0.118. The van der Waals surface area contributed by atoms with Crippen molar-refractivity contribution in [1.82, 2.24) is 0 Å². The summed E-state index contributed by atoms with van der Waals surface area (Å²) in [5.74, 6) is 0.118. The van der Waals surface area contributed by atoms with Crippen LogP contribution in [-0.2, 0) is 4.79 Å². The SMILES string of the molecule is CCN(C(=O)CCNc1ccc(Cl)cc1C)c1ccccc1. The van der Waals surface area contributed by atoms with E-state index in [2.05, 4.69) is 5.32 Å². The molecule has 4 heteroatoms. The number of hydrogen-bond donors (Lipinski definition) is 1. The van der Waals surface area contributed by atoms with Crippen molar-refractivity contribution in [3.8, 4) is 0 Å². The van der Waals surface area contributed by atoms with E-state index in [-0.39, 0.29) is 5.91 Å². The second-order valence-corrected chi connectivity index (χ2v) is 5.55. The smallest absolute Gasteiger partial charge is 0.228 e. The molecule has 0 unspecified atom stereocenters. The molecule has 0 radical (unpaired) electrons. The fourth-order valence-corrected chi connectivity index (χ4v) is 2.60. The minimum Gasteiger partial charge on any atom is -0.384 e. The maximum absolute atomic E-state index is 12.4. The van der Waals surface area contributed by atoms with E-state index in [1.807, 2.05) is 62.4 Å². The van der Waals surface area contributed by atoms with E-state index in [0.717, 1.165) is 22.0 Å². The Hall–Kier alpha value is -2.00. The van der Waals surface area contributed by atoms with E-state index in [1.165, 1.54) is 0 Å². The van der Waals surface area contributed by atoms with Gasteiger partial charge in [-0.15, -0.1) is 0 Å². The van der Waals surface area contributed by atoms with Crippen molar-refractivity contribution in [2.45, 2.75) is 20.3 Å². The Labute approximate surface area is 136 Å². The van der Waals surface area contributed by atoms with Crippen molar-refractivity contribution in [3.63, 3.8) is 0 Å². The molecule has 1 amide bonds. The molecule has 0 aromatic heterocycles. The molecule has 0 saturated heterocycles. The zero-order chi connectivity index (χ0) is 15.9. The molecule has 2 aromatic rings. The lowest BCUT2D eigenvalue weighted by atomic mass is 10.2. The summed E-state index contributed by atoms with van der Waals surface area (Å²) in [6, 6.07) is 15.5. The molecule has 0 atom stereocenters. The van der Waals surface area contributed by atoms with Gasteiger partial charge >= 0.3 is 0 Å². The summed E-state index contributed by atoms with van der Waals surface area (Å²) in [7, 11) is 0. The summed E-state index contributed by atoms with van der Waals surface area (Å²) in [5, 5.41) is 4.02. The number of halogens is 1. The van der Waals surface area contributed by atoms with E-state index in [4.69, 9.17) is 11.6 Å². The highest BCUT2D eigenvalue weighted by molar-refractivity contribution is 6.30. The number of rotatable bonds is 6. The number of benzene rings is 2. The van der Waals surface area contributed by atoms with Crippen LogP contribution in [0.15, 0.2) is 48.5 Å². The predicted molar refractivity (Wildman–Crippen MR) is 93.8 cm³/mol. The van der Waals surface area contributed by atoms with E-state index in [1.54, 1.807) is 4.90 Å². The lowest BCUT2D eigenvalue weighted by Crippen LogP contribution is -2.31. The zero-order valence-corrected chi connectivity index (χ0v) is 13.7. The molecular formula is C18H21ClN2O. The lowest BCUT2D eigenvalue weighted by molar-refractivity contribution is -0.118. The summed E-state index contributed by atoms with van der Waals surface area (Å²) < 4.78 is 0. The Morgan fingerprint density at radius 1 is 1.18 bits per heavy atom. The predicted octanol–water partition coefficient (Wildman–Crippen LogP) is 4.50. The molecule has 0 saturated carbocycles.